The summed E-state index contributed by atoms with van der Waals surface area (Å²) in [6, 6.07) is 0. The van der Waals surface area contributed by atoms with Gasteiger partial charge in [0.25, 0.3) is 5.91 Å². The van der Waals surface area contributed by atoms with E-state index in [1.807, 2.05) is 0 Å². The normalized spacial score (nSPS) is 14.3. The summed E-state index contributed by atoms with van der Waals surface area (Å²) in [5, 5.41) is 6.84. The first kappa shape index (κ1) is 15.8. The van der Waals surface area contributed by atoms with Gasteiger partial charge in [-0.15, -0.1) is 0 Å². The Bertz CT molecular complexity index is 522. The Morgan fingerprint density at radius 3 is 3.00 bits per heavy atom. The molecule has 0 bridgehead atoms. The lowest BCUT2D eigenvalue weighted by Gasteiger charge is -2.05. The molecule has 1 amide bonds. The number of hydrogen-bond acceptors (Lipinski definition) is 5. The van der Waals surface area contributed by atoms with Crippen LogP contribution in [0.5, 0.6) is 0 Å². The third-order valence-corrected chi connectivity index (χ3v) is 4.42. The molecule has 0 fully saturated rings. The van der Waals surface area contributed by atoms with Crippen molar-refractivity contribution < 1.29 is 4.79 Å². The van der Waals surface area contributed by atoms with Crippen LogP contribution in [0.3, 0.4) is 0 Å². The maximum atomic E-state index is 12.1. The summed E-state index contributed by atoms with van der Waals surface area (Å²) in [6.45, 7) is 5.73. The van der Waals surface area contributed by atoms with Gasteiger partial charge in [-0.05, 0) is 31.6 Å². The van der Waals surface area contributed by atoms with E-state index in [1.54, 1.807) is 0 Å². The molecule has 1 heterocycles. The van der Waals surface area contributed by atoms with E-state index in [-0.39, 0.29) is 5.91 Å². The number of carbonyl (C=O) groups is 1. The number of rotatable bonds is 7. The zero-order chi connectivity index (χ0) is 15.2. The quantitative estimate of drug-likeness (QED) is 0.676. The summed E-state index contributed by atoms with van der Waals surface area (Å²) in [7, 11) is 0. The third kappa shape index (κ3) is 4.74. The molecule has 1 aromatic heterocycles. The molecule has 4 N–H and O–H groups in total. The van der Waals surface area contributed by atoms with Gasteiger partial charge in [-0.1, -0.05) is 36.8 Å². The molecule has 0 unspecified atom stereocenters. The van der Waals surface area contributed by atoms with Gasteiger partial charge in [0.05, 0.1) is 0 Å². The molecular weight excluding hydrogens is 284 g/mol. The first-order chi connectivity index (χ1) is 10.1. The van der Waals surface area contributed by atoms with Gasteiger partial charge in [0.15, 0.2) is 5.13 Å². The highest BCUT2D eigenvalue weighted by Gasteiger charge is 2.16. The third-order valence-electron chi connectivity index (χ3n) is 3.39. The zero-order valence-corrected chi connectivity index (χ0v) is 13.6. The molecule has 116 valence electrons. The molecule has 2 rings (SSSR count). The number of nitrogen functional groups attached to an aromatic ring is 1. The van der Waals surface area contributed by atoms with Crippen molar-refractivity contribution in [1.82, 2.24) is 10.3 Å². The molecule has 0 aromatic carbocycles. The van der Waals surface area contributed by atoms with E-state index < -0.39 is 0 Å². The molecule has 0 spiro atoms. The fourth-order valence-electron chi connectivity index (χ4n) is 2.24. The van der Waals surface area contributed by atoms with Crippen LogP contribution in [-0.4, -0.2) is 24.0 Å². The number of anilines is 2. The highest BCUT2D eigenvalue weighted by Crippen LogP contribution is 2.25. The number of nitrogens with zero attached hydrogens (tertiary/aromatic N) is 1. The van der Waals surface area contributed by atoms with Gasteiger partial charge in [-0.25, -0.2) is 4.98 Å². The monoisotopic (exact) mass is 308 g/mol. The molecule has 0 aliphatic heterocycles. The second-order valence-electron chi connectivity index (χ2n) is 5.77. The Morgan fingerprint density at radius 1 is 1.52 bits per heavy atom. The minimum Gasteiger partial charge on any atom is -0.382 e. The van der Waals surface area contributed by atoms with Crippen molar-refractivity contribution in [1.29, 1.82) is 0 Å². The average Bonchev–Trinajstić information content (AvgIpc) is 3.06. The molecule has 1 aromatic rings. The van der Waals surface area contributed by atoms with Crippen LogP contribution in [0.4, 0.5) is 10.9 Å². The second-order valence-corrected chi connectivity index (χ2v) is 6.77. The number of hydrogen-bond donors (Lipinski definition) is 3. The number of thiazole rings is 1. The Kier molecular flexibility index (Phi) is 5.61. The minimum atomic E-state index is -0.124. The molecular formula is C15H24N4OS. The van der Waals surface area contributed by atoms with Gasteiger partial charge in [0, 0.05) is 13.1 Å². The van der Waals surface area contributed by atoms with Crippen molar-refractivity contribution in [2.24, 2.45) is 5.92 Å². The van der Waals surface area contributed by atoms with Gasteiger partial charge in [-0.2, -0.15) is 0 Å². The highest BCUT2D eigenvalue weighted by atomic mass is 32.1. The van der Waals surface area contributed by atoms with Gasteiger partial charge < -0.3 is 16.4 Å². The van der Waals surface area contributed by atoms with E-state index in [2.05, 4.69) is 35.5 Å². The van der Waals surface area contributed by atoms with Crippen molar-refractivity contribution in [3.8, 4) is 0 Å². The van der Waals surface area contributed by atoms with E-state index in [1.165, 1.54) is 36.2 Å². The number of allylic oxidation sites excluding steroid dienone is 1. The zero-order valence-electron chi connectivity index (χ0n) is 12.7. The fraction of sp³-hybridized carbons (Fsp3) is 0.600. The molecule has 21 heavy (non-hydrogen) atoms. The van der Waals surface area contributed by atoms with E-state index in [4.69, 9.17) is 5.73 Å². The van der Waals surface area contributed by atoms with E-state index >= 15 is 0 Å². The maximum absolute atomic E-state index is 12.1. The van der Waals surface area contributed by atoms with E-state index in [0.717, 1.165) is 13.0 Å². The SMILES string of the molecule is CC(C)CNc1nc(N)c(C(=O)NCCC2=CCCC2)s1. The van der Waals surface area contributed by atoms with Gasteiger partial charge in [-0.3, -0.25) is 4.79 Å². The Balaban J connectivity index is 1.83. The van der Waals surface area contributed by atoms with Crippen LogP contribution in [-0.2, 0) is 0 Å². The van der Waals surface area contributed by atoms with Crippen LogP contribution in [0.15, 0.2) is 11.6 Å². The lowest BCUT2D eigenvalue weighted by Crippen LogP contribution is -2.24. The molecule has 0 saturated carbocycles. The van der Waals surface area contributed by atoms with Crippen molar-refractivity contribution in [2.75, 3.05) is 24.1 Å². The predicted molar refractivity (Wildman–Crippen MR) is 88.7 cm³/mol. The average molecular weight is 308 g/mol. The second kappa shape index (κ2) is 7.45. The minimum absolute atomic E-state index is 0.124. The van der Waals surface area contributed by atoms with Crippen molar-refractivity contribution in [3.63, 3.8) is 0 Å². The van der Waals surface area contributed by atoms with Crippen LogP contribution < -0.4 is 16.4 Å². The molecule has 1 aliphatic carbocycles. The van der Waals surface area contributed by atoms with Crippen LogP contribution in [0.2, 0.25) is 0 Å². The molecule has 1 aliphatic rings. The maximum Gasteiger partial charge on any atom is 0.265 e. The number of amides is 1. The Hall–Kier alpha value is -1.56. The molecule has 6 heteroatoms. The molecule has 0 saturated heterocycles. The van der Waals surface area contributed by atoms with Gasteiger partial charge in [0.1, 0.15) is 10.7 Å². The van der Waals surface area contributed by atoms with Crippen LogP contribution in [0.25, 0.3) is 0 Å². The van der Waals surface area contributed by atoms with E-state index in [9.17, 15) is 4.79 Å². The fourth-order valence-corrected chi connectivity index (χ4v) is 3.05. The summed E-state index contributed by atoms with van der Waals surface area (Å²) in [5.41, 5.74) is 7.28. The first-order valence-electron chi connectivity index (χ1n) is 7.52. The number of carbonyl (C=O) groups excluding carboxylic acids is 1. The number of aromatic nitrogens is 1. The smallest absolute Gasteiger partial charge is 0.265 e. The summed E-state index contributed by atoms with van der Waals surface area (Å²) in [4.78, 5) is 16.8. The predicted octanol–water partition coefficient (Wildman–Crippen LogP) is 3.02. The summed E-state index contributed by atoms with van der Waals surface area (Å²) in [6.07, 6.45) is 6.80. The van der Waals surface area contributed by atoms with E-state index in [0.29, 0.717) is 28.3 Å². The molecule has 0 atom stereocenters. The van der Waals surface area contributed by atoms with Crippen molar-refractivity contribution >= 4 is 28.2 Å². The largest absolute Gasteiger partial charge is 0.382 e. The van der Waals surface area contributed by atoms with Crippen molar-refractivity contribution in [2.45, 2.75) is 39.5 Å². The molecule has 5 nitrogen and oxygen atoms in total. The standard InChI is InChI=1S/C15H24N4OS/c1-10(2)9-18-15-19-13(16)12(21-15)14(20)17-8-7-11-5-3-4-6-11/h5,10H,3-4,6-9,16H2,1-2H3,(H,17,20)(H,18,19). The number of nitrogens with two attached hydrogens (primary N) is 1. The number of nitrogens with one attached hydrogen (secondary N) is 2. The lowest BCUT2D eigenvalue weighted by atomic mass is 10.2. The van der Waals surface area contributed by atoms with Crippen LogP contribution in [0, 0.1) is 5.92 Å². The lowest BCUT2D eigenvalue weighted by molar-refractivity contribution is 0.0959. The van der Waals surface area contributed by atoms with Crippen molar-refractivity contribution in [3.05, 3.63) is 16.5 Å². The van der Waals surface area contributed by atoms with Crippen LogP contribution in [0.1, 0.15) is 49.2 Å². The first-order valence-corrected chi connectivity index (χ1v) is 8.34. The summed E-state index contributed by atoms with van der Waals surface area (Å²) < 4.78 is 0. The van der Waals surface area contributed by atoms with Gasteiger partial charge >= 0.3 is 0 Å². The van der Waals surface area contributed by atoms with Gasteiger partial charge in [0.2, 0.25) is 0 Å². The van der Waals surface area contributed by atoms with Crippen LogP contribution >= 0.6 is 11.3 Å². The summed E-state index contributed by atoms with van der Waals surface area (Å²) >= 11 is 1.32. The molecule has 0 radical (unpaired) electrons. The summed E-state index contributed by atoms with van der Waals surface area (Å²) in [5.74, 6) is 0.706. The Labute approximate surface area is 130 Å². The Morgan fingerprint density at radius 2 is 2.33 bits per heavy atom. The topological polar surface area (TPSA) is 80.0 Å². The highest BCUT2D eigenvalue weighted by molar-refractivity contribution is 7.18.